The third kappa shape index (κ3) is 2.49. The minimum Gasteiger partial charge on any atom is -0.481 e. The molecule has 1 aromatic carbocycles. The first-order valence-electron chi connectivity index (χ1n) is 6.41. The lowest BCUT2D eigenvalue weighted by molar-refractivity contribution is 0.379. The maximum absolute atomic E-state index is 5.88. The largest absolute Gasteiger partial charge is 0.481 e. The lowest BCUT2D eigenvalue weighted by Gasteiger charge is -2.16. The van der Waals surface area contributed by atoms with E-state index in [0.29, 0.717) is 6.54 Å². The van der Waals surface area contributed by atoms with Crippen molar-refractivity contribution in [1.82, 2.24) is 9.78 Å². The molecule has 0 aliphatic carbocycles. The molecular weight excluding hydrogens is 238 g/mol. The van der Waals surface area contributed by atoms with Crippen LogP contribution in [0.5, 0.6) is 5.88 Å². The molecule has 0 bridgehead atoms. The zero-order valence-corrected chi connectivity index (χ0v) is 12.0. The summed E-state index contributed by atoms with van der Waals surface area (Å²) in [6, 6.07) is 9.95. The number of hydrogen-bond donors (Lipinski definition) is 1. The molecule has 102 valence electrons. The Hall–Kier alpha value is -1.81. The van der Waals surface area contributed by atoms with E-state index in [1.807, 2.05) is 35.0 Å². The van der Waals surface area contributed by atoms with Gasteiger partial charge in [-0.05, 0) is 12.1 Å². The van der Waals surface area contributed by atoms with E-state index in [9.17, 15) is 0 Å². The normalized spacial score (nSPS) is 11.6. The minimum atomic E-state index is -0.0674. The summed E-state index contributed by atoms with van der Waals surface area (Å²) in [6.07, 6.45) is 0. The van der Waals surface area contributed by atoms with E-state index in [2.05, 4.69) is 20.8 Å². The van der Waals surface area contributed by atoms with Crippen molar-refractivity contribution in [3.05, 3.63) is 41.6 Å². The molecule has 0 aliphatic heterocycles. The number of methoxy groups -OCH3 is 1. The highest BCUT2D eigenvalue weighted by Crippen LogP contribution is 2.32. The van der Waals surface area contributed by atoms with E-state index < -0.39 is 0 Å². The molecule has 0 saturated heterocycles. The quantitative estimate of drug-likeness (QED) is 0.922. The van der Waals surface area contributed by atoms with Gasteiger partial charge in [-0.1, -0.05) is 39.0 Å². The third-order valence-corrected chi connectivity index (χ3v) is 3.05. The molecule has 0 fully saturated rings. The second-order valence-electron chi connectivity index (χ2n) is 5.54. The molecule has 0 radical (unpaired) electrons. The van der Waals surface area contributed by atoms with Crippen molar-refractivity contribution in [2.75, 3.05) is 7.11 Å². The molecule has 19 heavy (non-hydrogen) atoms. The van der Waals surface area contributed by atoms with Crippen molar-refractivity contribution in [2.45, 2.75) is 32.7 Å². The average Bonchev–Trinajstić information content (AvgIpc) is 2.78. The molecule has 0 amide bonds. The van der Waals surface area contributed by atoms with Gasteiger partial charge in [0, 0.05) is 12.0 Å². The van der Waals surface area contributed by atoms with Gasteiger partial charge in [0.15, 0.2) is 0 Å². The summed E-state index contributed by atoms with van der Waals surface area (Å²) in [5.41, 5.74) is 8.74. The van der Waals surface area contributed by atoms with Gasteiger partial charge in [-0.2, -0.15) is 5.10 Å². The Morgan fingerprint density at radius 1 is 1.21 bits per heavy atom. The summed E-state index contributed by atoms with van der Waals surface area (Å²) >= 11 is 0. The number of aromatic nitrogens is 2. The Labute approximate surface area is 114 Å². The van der Waals surface area contributed by atoms with Crippen LogP contribution in [0, 0.1) is 0 Å². The van der Waals surface area contributed by atoms with Gasteiger partial charge in [0.2, 0.25) is 5.88 Å². The van der Waals surface area contributed by atoms with Gasteiger partial charge in [-0.25, -0.2) is 4.68 Å². The first-order valence-corrected chi connectivity index (χ1v) is 6.41. The molecule has 0 unspecified atom stereocenters. The van der Waals surface area contributed by atoms with E-state index in [1.54, 1.807) is 7.11 Å². The standard InChI is InChI=1S/C15H21N3O/c1-15(2,3)13-12(10-16)14(19-4)18(17-13)11-8-6-5-7-9-11/h5-9H,10,16H2,1-4H3. The number of rotatable bonds is 3. The fourth-order valence-corrected chi connectivity index (χ4v) is 2.18. The second kappa shape index (κ2) is 5.05. The van der Waals surface area contributed by atoms with Crippen LogP contribution in [0.2, 0.25) is 0 Å². The highest BCUT2D eigenvalue weighted by molar-refractivity contribution is 5.43. The van der Waals surface area contributed by atoms with Gasteiger partial charge in [0.1, 0.15) is 0 Å². The number of nitrogens with two attached hydrogens (primary N) is 1. The molecule has 0 aliphatic rings. The topological polar surface area (TPSA) is 53.1 Å². The van der Waals surface area contributed by atoms with E-state index in [4.69, 9.17) is 15.6 Å². The van der Waals surface area contributed by atoms with Gasteiger partial charge in [0.05, 0.1) is 24.1 Å². The second-order valence-corrected chi connectivity index (χ2v) is 5.54. The number of ether oxygens (including phenoxy) is 1. The summed E-state index contributed by atoms with van der Waals surface area (Å²) in [4.78, 5) is 0. The zero-order chi connectivity index (χ0) is 14.0. The molecule has 0 spiro atoms. The minimum absolute atomic E-state index is 0.0674. The number of hydrogen-bond acceptors (Lipinski definition) is 3. The smallest absolute Gasteiger partial charge is 0.221 e. The fourth-order valence-electron chi connectivity index (χ4n) is 2.18. The Morgan fingerprint density at radius 2 is 1.84 bits per heavy atom. The molecule has 2 N–H and O–H groups in total. The first kappa shape index (κ1) is 13.6. The number of nitrogens with zero attached hydrogens (tertiary/aromatic N) is 2. The summed E-state index contributed by atoms with van der Waals surface area (Å²) in [5, 5.41) is 4.70. The van der Waals surface area contributed by atoms with Crippen molar-refractivity contribution in [3.8, 4) is 11.6 Å². The van der Waals surface area contributed by atoms with E-state index in [-0.39, 0.29) is 5.41 Å². The SMILES string of the molecule is COc1c(CN)c(C(C)(C)C)nn1-c1ccccc1. The Kier molecular flexibility index (Phi) is 3.62. The maximum atomic E-state index is 5.88. The fraction of sp³-hybridized carbons (Fsp3) is 0.400. The predicted octanol–water partition coefficient (Wildman–Crippen LogP) is 2.64. The summed E-state index contributed by atoms with van der Waals surface area (Å²) < 4.78 is 7.34. The maximum Gasteiger partial charge on any atom is 0.221 e. The number of benzene rings is 1. The predicted molar refractivity (Wildman–Crippen MR) is 76.7 cm³/mol. The van der Waals surface area contributed by atoms with Crippen LogP contribution in [0.25, 0.3) is 5.69 Å². The Bertz CT molecular complexity index is 553. The van der Waals surface area contributed by atoms with Crippen LogP contribution in [0.3, 0.4) is 0 Å². The third-order valence-electron chi connectivity index (χ3n) is 3.05. The van der Waals surface area contributed by atoms with Crippen LogP contribution >= 0.6 is 0 Å². The van der Waals surface area contributed by atoms with Crippen LogP contribution < -0.4 is 10.5 Å². The van der Waals surface area contributed by atoms with E-state index >= 15 is 0 Å². The summed E-state index contributed by atoms with van der Waals surface area (Å²) in [6.45, 7) is 6.80. The molecule has 2 rings (SSSR count). The van der Waals surface area contributed by atoms with Crippen molar-refractivity contribution < 1.29 is 4.74 Å². The highest BCUT2D eigenvalue weighted by Gasteiger charge is 2.27. The molecule has 1 aromatic heterocycles. The summed E-state index contributed by atoms with van der Waals surface area (Å²) in [7, 11) is 1.65. The molecule has 1 heterocycles. The Balaban J connectivity index is 2.66. The monoisotopic (exact) mass is 259 g/mol. The van der Waals surface area contributed by atoms with Crippen molar-refractivity contribution in [1.29, 1.82) is 0 Å². The van der Waals surface area contributed by atoms with Crippen molar-refractivity contribution in [3.63, 3.8) is 0 Å². The molecule has 2 aromatic rings. The average molecular weight is 259 g/mol. The molecular formula is C15H21N3O. The van der Waals surface area contributed by atoms with Gasteiger partial charge in [-0.3, -0.25) is 0 Å². The van der Waals surface area contributed by atoms with Crippen LogP contribution in [-0.2, 0) is 12.0 Å². The zero-order valence-electron chi connectivity index (χ0n) is 12.0. The van der Waals surface area contributed by atoms with Crippen molar-refractivity contribution in [2.24, 2.45) is 5.73 Å². The molecule has 0 saturated carbocycles. The summed E-state index contributed by atoms with van der Waals surface area (Å²) in [5.74, 6) is 0.721. The lowest BCUT2D eigenvalue weighted by atomic mass is 9.89. The molecule has 4 heteroatoms. The van der Waals surface area contributed by atoms with Gasteiger partial charge < -0.3 is 10.5 Å². The molecule has 4 nitrogen and oxygen atoms in total. The van der Waals surface area contributed by atoms with Crippen LogP contribution in [0.4, 0.5) is 0 Å². The van der Waals surface area contributed by atoms with Gasteiger partial charge in [-0.15, -0.1) is 0 Å². The lowest BCUT2D eigenvalue weighted by Crippen LogP contribution is -2.16. The van der Waals surface area contributed by atoms with Crippen LogP contribution in [0.1, 0.15) is 32.0 Å². The van der Waals surface area contributed by atoms with Gasteiger partial charge in [0.25, 0.3) is 0 Å². The molecule has 0 atom stereocenters. The van der Waals surface area contributed by atoms with E-state index in [1.165, 1.54) is 0 Å². The van der Waals surface area contributed by atoms with Crippen LogP contribution in [0.15, 0.2) is 30.3 Å². The van der Waals surface area contributed by atoms with Crippen molar-refractivity contribution >= 4 is 0 Å². The highest BCUT2D eigenvalue weighted by atomic mass is 16.5. The number of para-hydroxylation sites is 1. The van der Waals surface area contributed by atoms with Gasteiger partial charge >= 0.3 is 0 Å². The Morgan fingerprint density at radius 3 is 2.32 bits per heavy atom. The van der Waals surface area contributed by atoms with E-state index in [0.717, 1.165) is 22.8 Å². The first-order chi connectivity index (χ1) is 8.99. The van der Waals surface area contributed by atoms with Crippen LogP contribution in [-0.4, -0.2) is 16.9 Å².